The third-order valence-corrected chi connectivity index (χ3v) is 3.02. The third kappa shape index (κ3) is 3.74. The van der Waals surface area contributed by atoms with E-state index in [2.05, 4.69) is 15.9 Å². The molecule has 0 radical (unpaired) electrons. The maximum absolute atomic E-state index is 12.6. The van der Waals surface area contributed by atoms with Crippen LogP contribution in [0.1, 0.15) is 11.1 Å². The maximum atomic E-state index is 12.6. The van der Waals surface area contributed by atoms with E-state index in [-0.39, 0.29) is 5.75 Å². The monoisotopic (exact) mass is 345 g/mol. The Morgan fingerprint density at radius 1 is 1.05 bits per heavy atom. The summed E-state index contributed by atoms with van der Waals surface area (Å²) in [4.78, 5) is 0. The second kappa shape index (κ2) is 5.85. The Labute approximate surface area is 122 Å². The van der Waals surface area contributed by atoms with E-state index in [1.54, 1.807) is 12.1 Å². The highest BCUT2D eigenvalue weighted by Crippen LogP contribution is 2.33. The van der Waals surface area contributed by atoms with Gasteiger partial charge in [-0.3, -0.25) is 0 Å². The second-order valence-corrected chi connectivity index (χ2v) is 5.04. The molecule has 0 aliphatic rings. The van der Waals surface area contributed by atoms with Crippen LogP contribution in [0.5, 0.6) is 11.5 Å². The Morgan fingerprint density at radius 2 is 1.80 bits per heavy atom. The van der Waals surface area contributed by atoms with Gasteiger partial charge in [0.1, 0.15) is 11.5 Å². The quantitative estimate of drug-likeness (QED) is 0.873. The van der Waals surface area contributed by atoms with Crippen molar-refractivity contribution < 1.29 is 17.9 Å². The molecule has 0 amide bonds. The van der Waals surface area contributed by atoms with Crippen LogP contribution in [0.15, 0.2) is 46.9 Å². The molecule has 2 aromatic rings. The molecule has 2 N–H and O–H groups in total. The highest BCUT2D eigenvalue weighted by atomic mass is 79.9. The average Bonchev–Trinajstić information content (AvgIpc) is 2.37. The first-order valence-electron chi connectivity index (χ1n) is 5.73. The molecule has 0 fully saturated rings. The zero-order chi connectivity index (χ0) is 14.8. The Hall–Kier alpha value is -1.53. The number of nitrogens with two attached hydrogens (primary N) is 1. The van der Waals surface area contributed by atoms with Gasteiger partial charge in [0.05, 0.1) is 5.56 Å². The molecule has 0 heterocycles. The minimum Gasteiger partial charge on any atom is -0.457 e. The van der Waals surface area contributed by atoms with Crippen LogP contribution in [0.25, 0.3) is 0 Å². The molecule has 0 aliphatic heterocycles. The van der Waals surface area contributed by atoms with E-state index in [9.17, 15) is 13.2 Å². The number of benzene rings is 2. The number of hydrogen-bond acceptors (Lipinski definition) is 2. The number of ether oxygens (including phenoxy) is 1. The number of rotatable bonds is 3. The van der Waals surface area contributed by atoms with Gasteiger partial charge in [-0.2, -0.15) is 13.2 Å². The van der Waals surface area contributed by atoms with Crippen molar-refractivity contribution in [2.24, 2.45) is 5.73 Å². The standard InChI is InChI=1S/C14H11BrF3NO/c15-11-4-9(8-19)5-13(7-11)20-12-3-1-2-10(6-12)14(16,17)18/h1-7H,8,19H2. The van der Waals surface area contributed by atoms with E-state index in [0.717, 1.165) is 22.2 Å². The van der Waals surface area contributed by atoms with Crippen LogP contribution in [-0.2, 0) is 12.7 Å². The van der Waals surface area contributed by atoms with Crippen molar-refractivity contribution in [3.05, 3.63) is 58.1 Å². The molecule has 2 nitrogen and oxygen atoms in total. The summed E-state index contributed by atoms with van der Waals surface area (Å²) in [6.07, 6.45) is -4.39. The molecule has 20 heavy (non-hydrogen) atoms. The average molecular weight is 346 g/mol. The summed E-state index contributed by atoms with van der Waals surface area (Å²) in [5.74, 6) is 0.556. The summed E-state index contributed by atoms with van der Waals surface area (Å²) in [7, 11) is 0. The van der Waals surface area contributed by atoms with Crippen LogP contribution in [0.3, 0.4) is 0 Å². The Kier molecular flexibility index (Phi) is 4.35. The molecule has 0 aliphatic carbocycles. The van der Waals surface area contributed by atoms with Crippen LogP contribution in [-0.4, -0.2) is 0 Å². The molecular weight excluding hydrogens is 335 g/mol. The Balaban J connectivity index is 2.28. The first kappa shape index (κ1) is 14.9. The molecule has 6 heteroatoms. The lowest BCUT2D eigenvalue weighted by Crippen LogP contribution is -2.04. The van der Waals surface area contributed by atoms with E-state index in [1.807, 2.05) is 6.07 Å². The normalized spacial score (nSPS) is 11.4. The van der Waals surface area contributed by atoms with Gasteiger partial charge in [-0.05, 0) is 42.0 Å². The predicted molar refractivity (Wildman–Crippen MR) is 73.6 cm³/mol. The summed E-state index contributed by atoms with van der Waals surface area (Å²) >= 11 is 3.30. The van der Waals surface area contributed by atoms with Gasteiger partial charge >= 0.3 is 6.18 Å². The zero-order valence-electron chi connectivity index (χ0n) is 10.2. The molecule has 0 saturated heterocycles. The van der Waals surface area contributed by atoms with Crippen LogP contribution >= 0.6 is 15.9 Å². The van der Waals surface area contributed by atoms with Gasteiger partial charge in [0.2, 0.25) is 0 Å². The summed E-state index contributed by atoms with van der Waals surface area (Å²) in [5, 5.41) is 0. The smallest absolute Gasteiger partial charge is 0.416 e. The van der Waals surface area contributed by atoms with Gasteiger partial charge < -0.3 is 10.5 Å². The minimum atomic E-state index is -4.39. The van der Waals surface area contributed by atoms with Crippen LogP contribution in [0.2, 0.25) is 0 Å². The van der Waals surface area contributed by atoms with Crippen molar-refractivity contribution >= 4 is 15.9 Å². The van der Waals surface area contributed by atoms with E-state index >= 15 is 0 Å². The van der Waals surface area contributed by atoms with Gasteiger partial charge in [0, 0.05) is 11.0 Å². The number of halogens is 4. The van der Waals surface area contributed by atoms with Gasteiger partial charge in [-0.1, -0.05) is 22.0 Å². The molecule has 0 unspecified atom stereocenters. The van der Waals surface area contributed by atoms with Gasteiger partial charge in [0.25, 0.3) is 0 Å². The largest absolute Gasteiger partial charge is 0.457 e. The molecule has 0 atom stereocenters. The molecule has 2 rings (SSSR count). The summed E-state index contributed by atoms with van der Waals surface area (Å²) in [6.45, 7) is 0.318. The topological polar surface area (TPSA) is 35.2 Å². The number of hydrogen-bond donors (Lipinski definition) is 1. The van der Waals surface area contributed by atoms with Crippen LogP contribution in [0.4, 0.5) is 13.2 Å². The van der Waals surface area contributed by atoms with Crippen molar-refractivity contribution in [1.29, 1.82) is 0 Å². The molecular formula is C14H11BrF3NO. The maximum Gasteiger partial charge on any atom is 0.416 e. The molecule has 0 spiro atoms. The molecule has 0 bridgehead atoms. The lowest BCUT2D eigenvalue weighted by molar-refractivity contribution is -0.137. The van der Waals surface area contributed by atoms with Gasteiger partial charge in [-0.15, -0.1) is 0 Å². The highest BCUT2D eigenvalue weighted by molar-refractivity contribution is 9.10. The molecule has 2 aromatic carbocycles. The van der Waals surface area contributed by atoms with E-state index in [0.29, 0.717) is 12.3 Å². The van der Waals surface area contributed by atoms with Gasteiger partial charge in [-0.25, -0.2) is 0 Å². The lowest BCUT2D eigenvalue weighted by atomic mass is 10.2. The fourth-order valence-electron chi connectivity index (χ4n) is 1.67. The molecule has 0 saturated carbocycles. The van der Waals surface area contributed by atoms with Crippen LogP contribution < -0.4 is 10.5 Å². The summed E-state index contributed by atoms with van der Waals surface area (Å²) in [5.41, 5.74) is 5.61. The first-order valence-corrected chi connectivity index (χ1v) is 6.52. The minimum absolute atomic E-state index is 0.126. The summed E-state index contributed by atoms with van der Waals surface area (Å²) in [6, 6.07) is 9.91. The zero-order valence-corrected chi connectivity index (χ0v) is 11.8. The highest BCUT2D eigenvalue weighted by Gasteiger charge is 2.30. The second-order valence-electron chi connectivity index (χ2n) is 4.13. The first-order chi connectivity index (χ1) is 9.38. The predicted octanol–water partition coefficient (Wildman–Crippen LogP) is 4.72. The van der Waals surface area contributed by atoms with Crippen molar-refractivity contribution in [2.45, 2.75) is 12.7 Å². The van der Waals surface area contributed by atoms with Crippen molar-refractivity contribution in [2.75, 3.05) is 0 Å². The van der Waals surface area contributed by atoms with Crippen molar-refractivity contribution in [3.8, 4) is 11.5 Å². The van der Waals surface area contributed by atoms with E-state index in [4.69, 9.17) is 10.5 Å². The SMILES string of the molecule is NCc1cc(Br)cc(Oc2cccc(C(F)(F)F)c2)c1. The summed E-state index contributed by atoms with van der Waals surface area (Å²) < 4.78 is 44.0. The molecule has 0 aromatic heterocycles. The third-order valence-electron chi connectivity index (χ3n) is 2.56. The Bertz CT molecular complexity index is 614. The fraction of sp³-hybridized carbons (Fsp3) is 0.143. The fourth-order valence-corrected chi connectivity index (χ4v) is 2.19. The van der Waals surface area contributed by atoms with E-state index < -0.39 is 11.7 Å². The lowest BCUT2D eigenvalue weighted by Gasteiger charge is -2.11. The van der Waals surface area contributed by atoms with E-state index in [1.165, 1.54) is 12.1 Å². The van der Waals surface area contributed by atoms with Crippen LogP contribution in [0, 0.1) is 0 Å². The van der Waals surface area contributed by atoms with Crippen molar-refractivity contribution in [1.82, 2.24) is 0 Å². The molecule has 106 valence electrons. The van der Waals surface area contributed by atoms with Crippen molar-refractivity contribution in [3.63, 3.8) is 0 Å². The Morgan fingerprint density at radius 3 is 2.45 bits per heavy atom. The number of alkyl halides is 3. The van der Waals surface area contributed by atoms with Gasteiger partial charge in [0.15, 0.2) is 0 Å².